The van der Waals surface area contributed by atoms with E-state index < -0.39 is 0 Å². The van der Waals surface area contributed by atoms with Crippen LogP contribution in [0.4, 0.5) is 0 Å². The Hall–Kier alpha value is -3.04. The van der Waals surface area contributed by atoms with E-state index in [-0.39, 0.29) is 5.78 Å². The average molecular weight is 405 g/mol. The lowest BCUT2D eigenvalue weighted by Crippen LogP contribution is -2.13. The van der Waals surface area contributed by atoms with Gasteiger partial charge in [0.2, 0.25) is 0 Å². The lowest BCUT2D eigenvalue weighted by molar-refractivity contribution is 0.102. The van der Waals surface area contributed by atoms with Crippen LogP contribution in [0.3, 0.4) is 0 Å². The Morgan fingerprint density at radius 2 is 1.76 bits per heavy atom. The summed E-state index contributed by atoms with van der Waals surface area (Å²) in [5.74, 6) is 1.40. The largest absolute Gasteiger partial charge is 0.493 e. The molecule has 0 atom stereocenters. The van der Waals surface area contributed by atoms with Crippen LogP contribution in [-0.2, 0) is 13.0 Å². The van der Waals surface area contributed by atoms with E-state index in [0.717, 1.165) is 40.7 Å². The fraction of sp³-hybridized carbons (Fsp3) is 0.160. The van der Waals surface area contributed by atoms with E-state index in [0.29, 0.717) is 23.1 Å². The standard InChI is InChI=1S/C25H21ClO3/c1-28-24-15-18(8-13-23(24)29-16-17-6-11-21(26)12-7-17)14-20-10-9-19-4-2-3-5-22(19)25(20)27/h2-8,11-15H,9-10,16H2,1H3/b20-14+. The molecule has 4 rings (SSSR count). The minimum Gasteiger partial charge on any atom is -0.493 e. The van der Waals surface area contributed by atoms with Crippen LogP contribution in [0.15, 0.2) is 72.3 Å². The lowest BCUT2D eigenvalue weighted by Gasteiger charge is -2.17. The number of hydrogen-bond donors (Lipinski definition) is 0. The number of benzene rings is 3. The molecule has 4 heteroatoms. The number of fused-ring (bicyclic) bond motifs is 1. The first-order chi connectivity index (χ1) is 14.1. The van der Waals surface area contributed by atoms with Crippen molar-refractivity contribution in [1.29, 1.82) is 0 Å². The van der Waals surface area contributed by atoms with Crippen molar-refractivity contribution in [1.82, 2.24) is 0 Å². The number of carbonyl (C=O) groups is 1. The number of carbonyl (C=O) groups excluding carboxylic acids is 1. The molecule has 0 saturated carbocycles. The summed E-state index contributed by atoms with van der Waals surface area (Å²) < 4.78 is 11.4. The van der Waals surface area contributed by atoms with Crippen molar-refractivity contribution < 1.29 is 14.3 Å². The first kappa shape index (κ1) is 19.3. The smallest absolute Gasteiger partial charge is 0.189 e. The Morgan fingerprint density at radius 3 is 2.55 bits per heavy atom. The van der Waals surface area contributed by atoms with Gasteiger partial charge in [0.15, 0.2) is 17.3 Å². The van der Waals surface area contributed by atoms with Gasteiger partial charge in [0, 0.05) is 16.2 Å². The van der Waals surface area contributed by atoms with Crippen LogP contribution in [-0.4, -0.2) is 12.9 Å². The van der Waals surface area contributed by atoms with Crippen molar-refractivity contribution in [2.75, 3.05) is 7.11 Å². The molecule has 0 N–H and O–H groups in total. The molecule has 0 heterocycles. The van der Waals surface area contributed by atoms with Crippen molar-refractivity contribution in [3.63, 3.8) is 0 Å². The van der Waals surface area contributed by atoms with Crippen LogP contribution in [0.25, 0.3) is 6.08 Å². The third kappa shape index (κ3) is 4.36. The van der Waals surface area contributed by atoms with Gasteiger partial charge in [-0.2, -0.15) is 0 Å². The molecule has 0 radical (unpaired) electrons. The van der Waals surface area contributed by atoms with E-state index in [4.69, 9.17) is 21.1 Å². The first-order valence-corrected chi connectivity index (χ1v) is 9.90. The summed E-state index contributed by atoms with van der Waals surface area (Å²) >= 11 is 5.92. The summed E-state index contributed by atoms with van der Waals surface area (Å²) in [5, 5.41) is 0.698. The summed E-state index contributed by atoms with van der Waals surface area (Å²) in [6, 6.07) is 21.1. The quantitative estimate of drug-likeness (QED) is 0.479. The Kier molecular flexibility index (Phi) is 5.68. The third-order valence-corrected chi connectivity index (χ3v) is 5.31. The van der Waals surface area contributed by atoms with E-state index in [1.807, 2.05) is 72.8 Å². The molecule has 0 bridgehead atoms. The fourth-order valence-corrected chi connectivity index (χ4v) is 3.62. The number of rotatable bonds is 5. The van der Waals surface area contributed by atoms with Gasteiger partial charge in [-0.05, 0) is 59.9 Å². The summed E-state index contributed by atoms with van der Waals surface area (Å²) in [4.78, 5) is 12.8. The van der Waals surface area contributed by atoms with Crippen LogP contribution >= 0.6 is 11.6 Å². The molecule has 146 valence electrons. The maximum absolute atomic E-state index is 12.8. The van der Waals surface area contributed by atoms with E-state index in [1.54, 1.807) is 7.11 Å². The van der Waals surface area contributed by atoms with Crippen molar-refractivity contribution >= 4 is 23.5 Å². The molecule has 0 unspecified atom stereocenters. The highest BCUT2D eigenvalue weighted by Gasteiger charge is 2.21. The number of Topliss-reactive ketones (excluding diaryl/α,β-unsaturated/α-hetero) is 1. The molecule has 3 aromatic carbocycles. The van der Waals surface area contributed by atoms with Gasteiger partial charge in [-0.1, -0.05) is 54.1 Å². The fourth-order valence-electron chi connectivity index (χ4n) is 3.49. The second-order valence-electron chi connectivity index (χ2n) is 6.98. The highest BCUT2D eigenvalue weighted by atomic mass is 35.5. The molecule has 29 heavy (non-hydrogen) atoms. The monoisotopic (exact) mass is 404 g/mol. The molecule has 3 nitrogen and oxygen atoms in total. The molecule has 0 aliphatic heterocycles. The number of halogens is 1. The number of aryl methyl sites for hydroxylation is 1. The minimum atomic E-state index is 0.105. The number of ketones is 1. The number of allylic oxidation sites excluding steroid dienone is 1. The Labute approximate surface area is 175 Å². The molecule has 1 aliphatic carbocycles. The topological polar surface area (TPSA) is 35.5 Å². The normalized spacial score (nSPS) is 14.6. The molecular formula is C25H21ClO3. The van der Waals surface area contributed by atoms with Crippen molar-refractivity contribution in [2.24, 2.45) is 0 Å². The summed E-state index contributed by atoms with van der Waals surface area (Å²) in [6.07, 6.45) is 3.57. The molecule has 3 aromatic rings. The lowest BCUT2D eigenvalue weighted by atomic mass is 9.86. The summed E-state index contributed by atoms with van der Waals surface area (Å²) in [6.45, 7) is 0.420. The molecule has 0 saturated heterocycles. The van der Waals surface area contributed by atoms with Crippen molar-refractivity contribution in [3.05, 3.63) is 99.6 Å². The van der Waals surface area contributed by atoms with E-state index in [1.165, 1.54) is 0 Å². The van der Waals surface area contributed by atoms with Crippen LogP contribution < -0.4 is 9.47 Å². The zero-order valence-corrected chi connectivity index (χ0v) is 16.9. The maximum atomic E-state index is 12.8. The van der Waals surface area contributed by atoms with Gasteiger partial charge in [-0.3, -0.25) is 4.79 Å². The summed E-state index contributed by atoms with van der Waals surface area (Å²) in [5.41, 5.74) is 4.69. The van der Waals surface area contributed by atoms with Gasteiger partial charge in [-0.25, -0.2) is 0 Å². The molecular weight excluding hydrogens is 384 g/mol. The van der Waals surface area contributed by atoms with Gasteiger partial charge in [0.1, 0.15) is 6.61 Å². The number of ether oxygens (including phenoxy) is 2. The predicted molar refractivity (Wildman–Crippen MR) is 116 cm³/mol. The predicted octanol–water partition coefficient (Wildman–Crippen LogP) is 6.14. The van der Waals surface area contributed by atoms with Gasteiger partial charge >= 0.3 is 0 Å². The zero-order chi connectivity index (χ0) is 20.2. The molecule has 0 spiro atoms. The number of hydrogen-bond acceptors (Lipinski definition) is 3. The Morgan fingerprint density at radius 1 is 0.966 bits per heavy atom. The Balaban J connectivity index is 1.53. The van der Waals surface area contributed by atoms with E-state index >= 15 is 0 Å². The minimum absolute atomic E-state index is 0.105. The average Bonchev–Trinajstić information content (AvgIpc) is 2.76. The number of methoxy groups -OCH3 is 1. The molecule has 0 amide bonds. The van der Waals surface area contributed by atoms with Gasteiger partial charge < -0.3 is 9.47 Å². The third-order valence-electron chi connectivity index (χ3n) is 5.05. The van der Waals surface area contributed by atoms with Crippen LogP contribution in [0, 0.1) is 0 Å². The zero-order valence-electron chi connectivity index (χ0n) is 16.2. The molecule has 0 aromatic heterocycles. The van der Waals surface area contributed by atoms with E-state index in [2.05, 4.69) is 0 Å². The van der Waals surface area contributed by atoms with Crippen LogP contribution in [0.2, 0.25) is 5.02 Å². The highest BCUT2D eigenvalue weighted by Crippen LogP contribution is 2.32. The van der Waals surface area contributed by atoms with Gasteiger partial charge in [-0.15, -0.1) is 0 Å². The summed E-state index contributed by atoms with van der Waals surface area (Å²) in [7, 11) is 1.61. The second kappa shape index (κ2) is 8.54. The maximum Gasteiger partial charge on any atom is 0.189 e. The highest BCUT2D eigenvalue weighted by molar-refractivity contribution is 6.30. The van der Waals surface area contributed by atoms with Crippen molar-refractivity contribution in [2.45, 2.75) is 19.4 Å². The Bertz CT molecular complexity index is 1070. The van der Waals surface area contributed by atoms with Crippen LogP contribution in [0.1, 0.15) is 33.5 Å². The molecule has 1 aliphatic rings. The first-order valence-electron chi connectivity index (χ1n) is 9.52. The van der Waals surface area contributed by atoms with Gasteiger partial charge in [0.05, 0.1) is 7.11 Å². The second-order valence-corrected chi connectivity index (χ2v) is 7.42. The van der Waals surface area contributed by atoms with E-state index in [9.17, 15) is 4.79 Å². The SMILES string of the molecule is COc1cc(/C=C2\CCc3ccccc3C2=O)ccc1OCc1ccc(Cl)cc1. The van der Waals surface area contributed by atoms with Gasteiger partial charge in [0.25, 0.3) is 0 Å². The molecule has 0 fully saturated rings. The van der Waals surface area contributed by atoms with Crippen LogP contribution in [0.5, 0.6) is 11.5 Å². The van der Waals surface area contributed by atoms with Crippen molar-refractivity contribution in [3.8, 4) is 11.5 Å².